The number of halogens is 1. The van der Waals surface area contributed by atoms with E-state index in [0.717, 1.165) is 0 Å². The fraction of sp³-hybridized carbons (Fsp3) is 0. The molecule has 0 atom stereocenters. The van der Waals surface area contributed by atoms with Crippen LogP contribution in [0.4, 0.5) is 5.69 Å². The lowest BCUT2D eigenvalue weighted by Gasteiger charge is -2.07. The van der Waals surface area contributed by atoms with E-state index in [-0.39, 0.29) is 5.69 Å². The van der Waals surface area contributed by atoms with Crippen molar-refractivity contribution in [3.05, 3.63) is 47.2 Å². The van der Waals surface area contributed by atoms with Crippen LogP contribution in [0, 0.1) is 0 Å². The van der Waals surface area contributed by atoms with Crippen LogP contribution in [0.25, 0.3) is 0 Å². The fourth-order valence-corrected chi connectivity index (χ4v) is 1.49. The smallest absolute Gasteiger partial charge is 0.267 e. The van der Waals surface area contributed by atoms with Crippen LogP contribution in [0.15, 0.2) is 36.5 Å². The maximum atomic E-state index is 11.0. The first-order valence-corrected chi connectivity index (χ1v) is 5.43. The molecule has 0 aliphatic rings. The number of carbonyl (C=O) groups excluding carboxylic acids is 1. The van der Waals surface area contributed by atoms with Gasteiger partial charge in [0.05, 0.1) is 10.7 Å². The van der Waals surface area contributed by atoms with Crippen molar-refractivity contribution in [3.63, 3.8) is 0 Å². The molecule has 4 N–H and O–H groups in total. The van der Waals surface area contributed by atoms with Crippen molar-refractivity contribution < 1.29 is 9.53 Å². The average Bonchev–Trinajstić information content (AvgIpc) is 2.34. The first-order chi connectivity index (χ1) is 8.56. The highest BCUT2D eigenvalue weighted by atomic mass is 35.5. The van der Waals surface area contributed by atoms with E-state index in [1.165, 1.54) is 12.3 Å². The summed E-state index contributed by atoms with van der Waals surface area (Å²) in [5.41, 5.74) is 11.3. The van der Waals surface area contributed by atoms with Gasteiger partial charge >= 0.3 is 0 Å². The maximum Gasteiger partial charge on any atom is 0.267 e. The number of hydrogen-bond donors (Lipinski definition) is 2. The monoisotopic (exact) mass is 263 g/mol. The number of carbonyl (C=O) groups is 1. The topological polar surface area (TPSA) is 91.2 Å². The number of anilines is 1. The first kappa shape index (κ1) is 12.2. The van der Waals surface area contributed by atoms with E-state index < -0.39 is 5.91 Å². The van der Waals surface area contributed by atoms with Crippen LogP contribution in [0.2, 0.25) is 5.02 Å². The van der Waals surface area contributed by atoms with E-state index in [0.29, 0.717) is 22.2 Å². The Morgan fingerprint density at radius 2 is 1.94 bits per heavy atom. The molecular formula is C12H10ClN3O2. The van der Waals surface area contributed by atoms with Crippen LogP contribution in [-0.2, 0) is 0 Å². The van der Waals surface area contributed by atoms with Gasteiger partial charge in [0.1, 0.15) is 17.2 Å². The molecule has 5 nitrogen and oxygen atoms in total. The summed E-state index contributed by atoms with van der Waals surface area (Å²) in [7, 11) is 0. The predicted molar refractivity (Wildman–Crippen MR) is 68.7 cm³/mol. The van der Waals surface area contributed by atoms with Gasteiger partial charge in [0.15, 0.2) is 0 Å². The number of aromatic nitrogens is 1. The Bertz CT molecular complexity index is 602. The van der Waals surface area contributed by atoms with Gasteiger partial charge in [0.2, 0.25) is 0 Å². The van der Waals surface area contributed by atoms with Gasteiger partial charge in [-0.1, -0.05) is 11.6 Å². The average molecular weight is 264 g/mol. The lowest BCUT2D eigenvalue weighted by Crippen LogP contribution is -2.12. The van der Waals surface area contributed by atoms with Crippen LogP contribution in [0.5, 0.6) is 11.5 Å². The molecule has 0 aliphatic heterocycles. The van der Waals surface area contributed by atoms with Crippen LogP contribution < -0.4 is 16.2 Å². The van der Waals surface area contributed by atoms with Gasteiger partial charge in [-0.2, -0.15) is 0 Å². The number of primary amides is 1. The molecule has 0 radical (unpaired) electrons. The van der Waals surface area contributed by atoms with Crippen molar-refractivity contribution >= 4 is 23.2 Å². The summed E-state index contributed by atoms with van der Waals surface area (Å²) in [5.74, 6) is 0.339. The highest BCUT2D eigenvalue weighted by Crippen LogP contribution is 2.27. The molecule has 0 aliphatic carbocycles. The quantitative estimate of drug-likeness (QED) is 0.831. The summed E-state index contributed by atoms with van der Waals surface area (Å²) in [6, 6.07) is 7.95. The third-order valence-corrected chi connectivity index (χ3v) is 2.52. The van der Waals surface area contributed by atoms with E-state index in [1.807, 2.05) is 0 Å². The molecule has 0 bridgehead atoms. The summed E-state index contributed by atoms with van der Waals surface area (Å²) >= 11 is 5.87. The molecule has 1 aromatic heterocycles. The summed E-state index contributed by atoms with van der Waals surface area (Å²) in [6.07, 6.45) is 1.44. The minimum atomic E-state index is -0.615. The van der Waals surface area contributed by atoms with E-state index >= 15 is 0 Å². The van der Waals surface area contributed by atoms with Crippen molar-refractivity contribution in [2.24, 2.45) is 5.73 Å². The zero-order chi connectivity index (χ0) is 13.1. The predicted octanol–water partition coefficient (Wildman–Crippen LogP) is 2.21. The molecule has 92 valence electrons. The molecular weight excluding hydrogens is 254 g/mol. The minimum absolute atomic E-state index is 0.133. The van der Waals surface area contributed by atoms with E-state index in [9.17, 15) is 4.79 Å². The number of rotatable bonds is 3. The second-order valence-electron chi connectivity index (χ2n) is 3.53. The number of ether oxygens (including phenoxy) is 1. The number of nitrogens with zero attached hydrogens (tertiary/aromatic N) is 1. The molecule has 1 amide bonds. The van der Waals surface area contributed by atoms with Crippen molar-refractivity contribution in [2.45, 2.75) is 0 Å². The van der Waals surface area contributed by atoms with Gasteiger partial charge in [0.25, 0.3) is 5.91 Å². The largest absolute Gasteiger partial charge is 0.457 e. The molecule has 1 heterocycles. The summed E-state index contributed by atoms with van der Waals surface area (Å²) < 4.78 is 5.52. The molecule has 0 fully saturated rings. The second-order valence-corrected chi connectivity index (χ2v) is 3.93. The van der Waals surface area contributed by atoms with Gasteiger partial charge in [0, 0.05) is 18.3 Å². The first-order valence-electron chi connectivity index (χ1n) is 5.05. The number of amides is 1. The lowest BCUT2D eigenvalue weighted by molar-refractivity contribution is 0.0995. The summed E-state index contributed by atoms with van der Waals surface area (Å²) in [4.78, 5) is 14.8. The molecule has 0 saturated carbocycles. The highest BCUT2D eigenvalue weighted by Gasteiger charge is 2.05. The third-order valence-electron chi connectivity index (χ3n) is 2.19. The SMILES string of the molecule is NC(=O)c1cc(Oc2ccc(N)c(Cl)c2)ccn1. The zero-order valence-electron chi connectivity index (χ0n) is 9.26. The Balaban J connectivity index is 2.25. The van der Waals surface area contributed by atoms with Gasteiger partial charge < -0.3 is 16.2 Å². The Morgan fingerprint density at radius 3 is 2.61 bits per heavy atom. The Morgan fingerprint density at radius 1 is 1.22 bits per heavy atom. The van der Waals surface area contributed by atoms with Gasteiger partial charge in [-0.25, -0.2) is 0 Å². The lowest BCUT2D eigenvalue weighted by atomic mass is 10.3. The molecule has 0 saturated heterocycles. The van der Waals surface area contributed by atoms with E-state index in [1.54, 1.807) is 24.3 Å². The zero-order valence-corrected chi connectivity index (χ0v) is 10.0. The minimum Gasteiger partial charge on any atom is -0.457 e. The molecule has 18 heavy (non-hydrogen) atoms. The summed E-state index contributed by atoms with van der Waals surface area (Å²) in [6.45, 7) is 0. The molecule has 0 spiro atoms. The van der Waals surface area contributed by atoms with Crippen molar-refractivity contribution in [1.82, 2.24) is 4.98 Å². The number of benzene rings is 1. The van der Waals surface area contributed by atoms with Gasteiger partial charge in [-0.05, 0) is 18.2 Å². The Labute approximate surface area is 108 Å². The molecule has 1 aromatic carbocycles. The standard InChI is InChI=1S/C12H10ClN3O2/c13-9-5-7(1-2-10(9)14)18-8-3-4-16-11(6-8)12(15)17/h1-6H,14H2,(H2,15,17). The van der Waals surface area contributed by atoms with E-state index in [4.69, 9.17) is 27.8 Å². The van der Waals surface area contributed by atoms with Gasteiger partial charge in [-0.3, -0.25) is 9.78 Å². The molecule has 6 heteroatoms. The van der Waals surface area contributed by atoms with Crippen LogP contribution in [-0.4, -0.2) is 10.9 Å². The normalized spacial score (nSPS) is 10.1. The van der Waals surface area contributed by atoms with Gasteiger partial charge in [-0.15, -0.1) is 0 Å². The molecule has 2 rings (SSSR count). The maximum absolute atomic E-state index is 11.0. The highest BCUT2D eigenvalue weighted by molar-refractivity contribution is 6.33. The van der Waals surface area contributed by atoms with Crippen LogP contribution in [0.1, 0.15) is 10.5 Å². The fourth-order valence-electron chi connectivity index (χ4n) is 1.32. The van der Waals surface area contributed by atoms with Crippen molar-refractivity contribution in [3.8, 4) is 11.5 Å². The number of nitrogens with two attached hydrogens (primary N) is 2. The number of nitrogen functional groups attached to an aromatic ring is 1. The number of pyridine rings is 1. The number of hydrogen-bond acceptors (Lipinski definition) is 4. The Hall–Kier alpha value is -2.27. The second kappa shape index (κ2) is 4.93. The van der Waals surface area contributed by atoms with Crippen LogP contribution in [0.3, 0.4) is 0 Å². The van der Waals surface area contributed by atoms with E-state index in [2.05, 4.69) is 4.98 Å². The van der Waals surface area contributed by atoms with Crippen molar-refractivity contribution in [2.75, 3.05) is 5.73 Å². The van der Waals surface area contributed by atoms with Crippen LogP contribution >= 0.6 is 11.6 Å². The Kier molecular flexibility index (Phi) is 3.34. The third kappa shape index (κ3) is 2.70. The van der Waals surface area contributed by atoms with Crippen molar-refractivity contribution in [1.29, 1.82) is 0 Å². The molecule has 2 aromatic rings. The summed E-state index contributed by atoms with van der Waals surface area (Å²) in [5, 5.41) is 0.400. The molecule has 0 unspecified atom stereocenters.